The summed E-state index contributed by atoms with van der Waals surface area (Å²) >= 11 is 0. The third-order valence-electron chi connectivity index (χ3n) is 4.18. The first-order chi connectivity index (χ1) is 8.31. The summed E-state index contributed by atoms with van der Waals surface area (Å²) < 4.78 is 0. The van der Waals surface area contributed by atoms with Gasteiger partial charge in [0, 0.05) is 5.92 Å². The van der Waals surface area contributed by atoms with Gasteiger partial charge in [0.25, 0.3) is 0 Å². The zero-order valence-electron chi connectivity index (χ0n) is 10.8. The van der Waals surface area contributed by atoms with Crippen molar-refractivity contribution in [2.24, 2.45) is 5.92 Å². The predicted octanol–water partition coefficient (Wildman–Crippen LogP) is 4.12. The predicted molar refractivity (Wildman–Crippen MR) is 72.1 cm³/mol. The highest BCUT2D eigenvalue weighted by molar-refractivity contribution is 5.20. The molecule has 1 aromatic carbocycles. The standard InChI is InChI=1S/C16H24O/c1-2-15(14-10-4-3-5-11-14)16(17)12-13-8-6-7-9-13/h3-5,10-11,13,15-17H,2,6-9,12H2,1H3. The molecule has 94 valence electrons. The van der Waals surface area contributed by atoms with E-state index in [1.807, 2.05) is 6.07 Å². The molecule has 0 radical (unpaired) electrons. The van der Waals surface area contributed by atoms with E-state index < -0.39 is 0 Å². The molecule has 0 aliphatic heterocycles. The Morgan fingerprint density at radius 1 is 1.18 bits per heavy atom. The van der Waals surface area contributed by atoms with Crippen molar-refractivity contribution < 1.29 is 5.11 Å². The first-order valence-corrected chi connectivity index (χ1v) is 7.04. The van der Waals surface area contributed by atoms with Crippen LogP contribution in [0.3, 0.4) is 0 Å². The summed E-state index contributed by atoms with van der Waals surface area (Å²) in [7, 11) is 0. The van der Waals surface area contributed by atoms with E-state index in [0.717, 1.165) is 18.8 Å². The second-order valence-electron chi connectivity index (χ2n) is 5.38. The maximum atomic E-state index is 10.4. The number of hydrogen-bond donors (Lipinski definition) is 1. The van der Waals surface area contributed by atoms with Gasteiger partial charge < -0.3 is 5.11 Å². The number of hydrogen-bond acceptors (Lipinski definition) is 1. The minimum absolute atomic E-state index is 0.162. The molecule has 1 aliphatic rings. The molecular formula is C16H24O. The highest BCUT2D eigenvalue weighted by Crippen LogP contribution is 2.33. The molecule has 1 fully saturated rings. The van der Waals surface area contributed by atoms with Gasteiger partial charge in [-0.25, -0.2) is 0 Å². The van der Waals surface area contributed by atoms with Gasteiger partial charge in [0.15, 0.2) is 0 Å². The van der Waals surface area contributed by atoms with Gasteiger partial charge in [0.1, 0.15) is 0 Å². The fourth-order valence-electron chi connectivity index (χ4n) is 3.18. The van der Waals surface area contributed by atoms with E-state index in [0.29, 0.717) is 5.92 Å². The molecule has 1 aromatic rings. The van der Waals surface area contributed by atoms with E-state index in [9.17, 15) is 5.11 Å². The zero-order valence-corrected chi connectivity index (χ0v) is 10.8. The summed E-state index contributed by atoms with van der Waals surface area (Å²) in [5.74, 6) is 1.08. The molecule has 1 aliphatic carbocycles. The molecule has 1 nitrogen and oxygen atoms in total. The number of rotatable bonds is 5. The molecule has 0 amide bonds. The molecule has 2 rings (SSSR count). The second-order valence-corrected chi connectivity index (χ2v) is 5.38. The molecule has 0 bridgehead atoms. The van der Waals surface area contributed by atoms with Crippen molar-refractivity contribution in [3.05, 3.63) is 35.9 Å². The van der Waals surface area contributed by atoms with Crippen molar-refractivity contribution in [1.82, 2.24) is 0 Å². The van der Waals surface area contributed by atoms with Gasteiger partial charge in [-0.05, 0) is 24.3 Å². The van der Waals surface area contributed by atoms with Crippen LogP contribution in [0.5, 0.6) is 0 Å². The van der Waals surface area contributed by atoms with Gasteiger partial charge in [-0.1, -0.05) is 62.9 Å². The topological polar surface area (TPSA) is 20.2 Å². The Morgan fingerprint density at radius 2 is 1.82 bits per heavy atom. The Bertz CT molecular complexity index is 314. The third kappa shape index (κ3) is 3.32. The lowest BCUT2D eigenvalue weighted by molar-refractivity contribution is 0.112. The van der Waals surface area contributed by atoms with Crippen LogP contribution in [0.1, 0.15) is 56.9 Å². The van der Waals surface area contributed by atoms with E-state index in [4.69, 9.17) is 0 Å². The van der Waals surface area contributed by atoms with Gasteiger partial charge in [-0.15, -0.1) is 0 Å². The van der Waals surface area contributed by atoms with E-state index in [2.05, 4.69) is 31.2 Å². The lowest BCUT2D eigenvalue weighted by Crippen LogP contribution is -2.20. The molecule has 1 N–H and O–H groups in total. The quantitative estimate of drug-likeness (QED) is 0.809. The zero-order chi connectivity index (χ0) is 12.1. The second kappa shape index (κ2) is 6.20. The normalized spacial score (nSPS) is 20.4. The Balaban J connectivity index is 1.97. The van der Waals surface area contributed by atoms with E-state index in [1.54, 1.807) is 0 Å². The summed E-state index contributed by atoms with van der Waals surface area (Å²) in [5.41, 5.74) is 1.29. The average Bonchev–Trinajstić information content (AvgIpc) is 2.84. The van der Waals surface area contributed by atoms with Crippen molar-refractivity contribution in [2.45, 2.75) is 57.5 Å². The maximum Gasteiger partial charge on any atom is 0.0611 e. The van der Waals surface area contributed by atoms with Crippen LogP contribution in [0.4, 0.5) is 0 Å². The van der Waals surface area contributed by atoms with Gasteiger partial charge in [0.05, 0.1) is 6.10 Å². The lowest BCUT2D eigenvalue weighted by Gasteiger charge is -2.24. The molecule has 0 spiro atoms. The fraction of sp³-hybridized carbons (Fsp3) is 0.625. The van der Waals surface area contributed by atoms with Crippen LogP contribution in [0.2, 0.25) is 0 Å². The molecule has 2 atom stereocenters. The Kier molecular flexibility index (Phi) is 4.61. The summed E-state index contributed by atoms with van der Waals surface area (Å²) in [6.45, 7) is 2.18. The van der Waals surface area contributed by atoms with Crippen LogP contribution in [-0.2, 0) is 0 Å². The molecule has 2 unspecified atom stereocenters. The van der Waals surface area contributed by atoms with Crippen molar-refractivity contribution in [3.8, 4) is 0 Å². The van der Waals surface area contributed by atoms with Crippen molar-refractivity contribution in [3.63, 3.8) is 0 Å². The first-order valence-electron chi connectivity index (χ1n) is 7.04. The van der Waals surface area contributed by atoms with Gasteiger partial charge in [0.2, 0.25) is 0 Å². The average molecular weight is 232 g/mol. The third-order valence-corrected chi connectivity index (χ3v) is 4.18. The largest absolute Gasteiger partial charge is 0.392 e. The molecular weight excluding hydrogens is 208 g/mol. The van der Waals surface area contributed by atoms with Crippen LogP contribution < -0.4 is 0 Å². The van der Waals surface area contributed by atoms with Crippen molar-refractivity contribution in [1.29, 1.82) is 0 Å². The molecule has 0 saturated heterocycles. The van der Waals surface area contributed by atoms with Gasteiger partial charge in [-0.3, -0.25) is 0 Å². The fourth-order valence-corrected chi connectivity index (χ4v) is 3.18. The maximum absolute atomic E-state index is 10.4. The highest BCUT2D eigenvalue weighted by atomic mass is 16.3. The smallest absolute Gasteiger partial charge is 0.0611 e. The van der Waals surface area contributed by atoms with Crippen LogP contribution in [0, 0.1) is 5.92 Å². The molecule has 17 heavy (non-hydrogen) atoms. The minimum Gasteiger partial charge on any atom is -0.392 e. The molecule has 0 aromatic heterocycles. The monoisotopic (exact) mass is 232 g/mol. The Hall–Kier alpha value is -0.820. The van der Waals surface area contributed by atoms with Crippen LogP contribution in [0.15, 0.2) is 30.3 Å². The summed E-state index contributed by atoms with van der Waals surface area (Å²) in [6.07, 6.45) is 7.22. The molecule has 1 saturated carbocycles. The lowest BCUT2D eigenvalue weighted by atomic mass is 9.85. The first kappa shape index (κ1) is 12.6. The van der Waals surface area contributed by atoms with Crippen molar-refractivity contribution in [2.75, 3.05) is 0 Å². The van der Waals surface area contributed by atoms with Crippen LogP contribution >= 0.6 is 0 Å². The van der Waals surface area contributed by atoms with E-state index in [-0.39, 0.29) is 6.10 Å². The number of benzene rings is 1. The number of aliphatic hydroxyl groups excluding tert-OH is 1. The summed E-state index contributed by atoms with van der Waals surface area (Å²) in [6, 6.07) is 10.5. The SMILES string of the molecule is CCC(c1ccccc1)C(O)CC1CCCC1. The Labute approximate surface area is 105 Å². The van der Waals surface area contributed by atoms with E-state index in [1.165, 1.54) is 31.2 Å². The number of aliphatic hydroxyl groups is 1. The van der Waals surface area contributed by atoms with Crippen molar-refractivity contribution >= 4 is 0 Å². The van der Waals surface area contributed by atoms with Gasteiger partial charge in [-0.2, -0.15) is 0 Å². The molecule has 1 heteroatoms. The minimum atomic E-state index is -0.162. The van der Waals surface area contributed by atoms with Crippen LogP contribution in [-0.4, -0.2) is 11.2 Å². The van der Waals surface area contributed by atoms with Gasteiger partial charge >= 0.3 is 0 Å². The van der Waals surface area contributed by atoms with E-state index >= 15 is 0 Å². The Morgan fingerprint density at radius 3 is 2.41 bits per heavy atom. The summed E-state index contributed by atoms with van der Waals surface area (Å²) in [5, 5.41) is 10.4. The highest BCUT2D eigenvalue weighted by Gasteiger charge is 2.24. The molecule has 0 heterocycles. The summed E-state index contributed by atoms with van der Waals surface area (Å²) in [4.78, 5) is 0. The van der Waals surface area contributed by atoms with Crippen LogP contribution in [0.25, 0.3) is 0 Å².